The number of methoxy groups -OCH3 is 1. The van der Waals surface area contributed by atoms with Crippen LogP contribution in [0, 0.1) is 5.82 Å². The Balaban J connectivity index is 0.000000186. The number of rotatable bonds is 19. The van der Waals surface area contributed by atoms with Gasteiger partial charge in [0, 0.05) is 142 Å². The van der Waals surface area contributed by atoms with E-state index < -0.39 is 40.7 Å². The molecule has 20 nitrogen and oxygen atoms in total. The number of halogens is 4. The molecule has 6 aliphatic heterocycles. The molecule has 0 spiro atoms. The molecular formula is C79H78BrCl2FN12O8S2. The third kappa shape index (κ3) is 15.4. The number of piperazine rings is 2. The summed E-state index contributed by atoms with van der Waals surface area (Å²) in [6, 6.07) is 40.0. The number of ketones is 2. The van der Waals surface area contributed by atoms with E-state index >= 15 is 0 Å². The first-order chi connectivity index (χ1) is 50.4. The molecule has 542 valence electrons. The number of ether oxygens (including phenoxy) is 2. The summed E-state index contributed by atoms with van der Waals surface area (Å²) >= 11 is 19.2. The standard InChI is InChI=1S/C40H40BrFN6O4S.C39H38Cl2N6O4S/c1-5-52-38(50)34-33(44-36(37-43-16-19-53-37)45-35(34)31-15-12-28(42)20-32(31)41)23-46-17-18-47-30(21-46)22-48(39(47)51)29-13-8-26(9-14-29)25-6-10-27(11-7-25)40(3,4)24(2)49;1-23(48)39(2,3)26-9-5-24(6-10-26)25-7-12-28(13-8-25)47-21-29-20-45(16-17-46(29)38(47)50)22-32-33(37(49)51-4)34(30-14-11-27(40)19-31(30)41)44-35(43-32)36-42-15-18-52-36/h6-16,19-20,30,35H,5,17-18,21-23H2,1-4H3,(H,44,45);5-15,18-19,29,34H,16-17,20-22H2,1-4H3,(H,43,44)/t30-,35-;29-,34-/m00/s1. The van der Waals surface area contributed by atoms with Gasteiger partial charge in [0.2, 0.25) is 0 Å². The van der Waals surface area contributed by atoms with Crippen LogP contribution in [0.4, 0.5) is 25.4 Å². The minimum absolute atomic E-state index is 0.0193. The number of nitrogens with zero attached hydrogens (tertiary/aromatic N) is 10. The molecule has 6 aromatic carbocycles. The molecule has 4 fully saturated rings. The van der Waals surface area contributed by atoms with Crippen molar-refractivity contribution in [2.75, 3.05) is 89.0 Å². The summed E-state index contributed by atoms with van der Waals surface area (Å²) in [5.41, 5.74) is 9.88. The molecule has 105 heavy (non-hydrogen) atoms. The van der Waals surface area contributed by atoms with E-state index in [4.69, 9.17) is 42.7 Å². The van der Waals surface area contributed by atoms with Crippen LogP contribution in [0.1, 0.15) is 92.8 Å². The number of amidine groups is 2. The molecule has 8 aromatic rings. The highest BCUT2D eigenvalue weighted by molar-refractivity contribution is 9.10. The summed E-state index contributed by atoms with van der Waals surface area (Å²) in [4.78, 5) is 109. The van der Waals surface area contributed by atoms with Gasteiger partial charge in [-0.15, -0.1) is 22.7 Å². The van der Waals surface area contributed by atoms with Crippen molar-refractivity contribution in [3.63, 3.8) is 0 Å². The number of carbonyl (C=O) groups excluding carboxylic acids is 6. The molecule has 6 aliphatic rings. The van der Waals surface area contributed by atoms with Crippen molar-refractivity contribution >= 4 is 120 Å². The molecule has 0 unspecified atom stereocenters. The van der Waals surface area contributed by atoms with Gasteiger partial charge < -0.3 is 29.9 Å². The Morgan fingerprint density at radius 3 is 1.41 bits per heavy atom. The summed E-state index contributed by atoms with van der Waals surface area (Å²) in [7, 11) is 1.35. The minimum atomic E-state index is -0.766. The first-order valence-electron chi connectivity index (χ1n) is 34.5. The van der Waals surface area contributed by atoms with Gasteiger partial charge in [0.1, 0.15) is 29.5 Å². The van der Waals surface area contributed by atoms with E-state index in [0.29, 0.717) is 135 Å². The van der Waals surface area contributed by atoms with E-state index in [2.05, 4.69) is 46.3 Å². The summed E-state index contributed by atoms with van der Waals surface area (Å²) in [6.07, 6.45) is 3.40. The van der Waals surface area contributed by atoms with Crippen LogP contribution in [-0.2, 0) is 39.5 Å². The van der Waals surface area contributed by atoms with Gasteiger partial charge in [0.05, 0.1) is 36.9 Å². The van der Waals surface area contributed by atoms with E-state index in [1.807, 2.05) is 155 Å². The highest BCUT2D eigenvalue weighted by Crippen LogP contribution is 2.41. The molecule has 14 rings (SSSR count). The zero-order valence-corrected chi connectivity index (χ0v) is 63.9. The monoisotopic (exact) mass is 1550 g/mol. The molecule has 26 heteroatoms. The largest absolute Gasteiger partial charge is 0.466 e. The Kier molecular flexibility index (Phi) is 21.9. The molecule has 0 saturated carbocycles. The molecular weight excluding hydrogens is 1480 g/mol. The van der Waals surface area contributed by atoms with Gasteiger partial charge in [0.15, 0.2) is 21.7 Å². The van der Waals surface area contributed by atoms with Crippen molar-refractivity contribution in [2.45, 2.75) is 83.5 Å². The van der Waals surface area contributed by atoms with Crippen molar-refractivity contribution in [1.82, 2.24) is 40.2 Å². The zero-order valence-electron chi connectivity index (χ0n) is 59.2. The first kappa shape index (κ1) is 74.0. The number of hydrogen-bond donors (Lipinski definition) is 2. The zero-order chi connectivity index (χ0) is 74.2. The molecule has 8 heterocycles. The lowest BCUT2D eigenvalue weighted by atomic mass is 9.81. The predicted octanol–water partition coefficient (Wildman–Crippen LogP) is 14.2. The van der Waals surface area contributed by atoms with Gasteiger partial charge in [-0.1, -0.05) is 124 Å². The molecule has 2 N–H and O–H groups in total. The number of anilines is 2. The average Bonchev–Trinajstić information content (AvgIpc) is 1.76. The van der Waals surface area contributed by atoms with Crippen LogP contribution in [0.5, 0.6) is 0 Å². The molecule has 0 bridgehead atoms. The van der Waals surface area contributed by atoms with Crippen LogP contribution >= 0.6 is 61.8 Å². The van der Waals surface area contributed by atoms with E-state index in [9.17, 15) is 33.2 Å². The maximum absolute atomic E-state index is 14.2. The van der Waals surface area contributed by atoms with Gasteiger partial charge in [-0.25, -0.2) is 33.5 Å². The molecule has 4 amide bonds. The van der Waals surface area contributed by atoms with Crippen molar-refractivity contribution in [1.29, 1.82) is 0 Å². The number of thiazole rings is 2. The molecule has 4 atom stereocenters. The van der Waals surface area contributed by atoms with Gasteiger partial charge in [0.25, 0.3) is 0 Å². The Morgan fingerprint density at radius 1 is 0.581 bits per heavy atom. The van der Waals surface area contributed by atoms with Crippen LogP contribution in [0.2, 0.25) is 10.0 Å². The third-order valence-electron chi connectivity index (χ3n) is 20.6. The summed E-state index contributed by atoms with van der Waals surface area (Å²) in [5, 5.41) is 12.7. The number of hydrogen-bond acceptors (Lipinski definition) is 18. The number of esters is 2. The number of aliphatic imine (C=N–C) groups is 2. The fourth-order valence-corrected chi connectivity index (χ4v) is 16.2. The lowest BCUT2D eigenvalue weighted by Gasteiger charge is -2.38. The Labute approximate surface area is 635 Å². The molecule has 4 saturated heterocycles. The normalized spacial score (nSPS) is 19.3. The lowest BCUT2D eigenvalue weighted by Crippen LogP contribution is -2.53. The van der Waals surface area contributed by atoms with Crippen LogP contribution in [0.25, 0.3) is 22.3 Å². The van der Waals surface area contributed by atoms with Crippen LogP contribution in [-0.4, -0.2) is 168 Å². The SMILES string of the molecule is CCOC(=O)C1=C(CN2CCN3C(=O)N(c4ccc(-c5ccc(C(C)(C)C(C)=O)cc5)cc4)C[C@@H]3C2)NC(c2nccs2)=N[C@H]1c1ccc(F)cc1Br.COC(=O)C1=C(CN2CCN3C(=O)N(c4ccc(-c5ccc(C(C)(C)C(C)=O)cc5)cc4)C[C@@H]3C2)NC(c2nccs2)=N[C@H]1c1ccc(Cl)cc1Cl. The number of nitrogens with one attached hydrogen (secondary N) is 2. The Hall–Kier alpha value is -9.27. The van der Waals surface area contributed by atoms with Crippen LogP contribution in [0.15, 0.2) is 194 Å². The summed E-state index contributed by atoms with van der Waals surface area (Å²) in [5.74, 6) is -0.128. The van der Waals surface area contributed by atoms with Crippen molar-refractivity contribution < 1.29 is 42.6 Å². The Bertz CT molecular complexity index is 4790. The van der Waals surface area contributed by atoms with Crippen molar-refractivity contribution in [3.05, 3.63) is 232 Å². The highest BCUT2D eigenvalue weighted by Gasteiger charge is 2.45. The van der Waals surface area contributed by atoms with E-state index in [-0.39, 0.29) is 42.3 Å². The van der Waals surface area contributed by atoms with Gasteiger partial charge >= 0.3 is 24.0 Å². The lowest BCUT2D eigenvalue weighted by molar-refractivity contribution is -0.139. The topological polar surface area (TPSA) is 215 Å². The molecule has 2 aromatic heterocycles. The highest BCUT2D eigenvalue weighted by atomic mass is 79.9. The summed E-state index contributed by atoms with van der Waals surface area (Å²) < 4.78 is 25.5. The van der Waals surface area contributed by atoms with Crippen LogP contribution in [0.3, 0.4) is 0 Å². The number of amides is 4. The maximum atomic E-state index is 14.2. The van der Waals surface area contributed by atoms with Crippen molar-refractivity contribution in [3.8, 4) is 22.3 Å². The predicted molar refractivity (Wildman–Crippen MR) is 413 cm³/mol. The quantitative estimate of drug-likeness (QED) is 0.0721. The maximum Gasteiger partial charge on any atom is 0.338 e. The number of urea groups is 2. The summed E-state index contributed by atoms with van der Waals surface area (Å²) in [6.45, 7) is 18.2. The van der Waals surface area contributed by atoms with Gasteiger partial charge in [-0.3, -0.25) is 39.2 Å². The molecule has 0 radical (unpaired) electrons. The Morgan fingerprint density at radius 2 is 1.01 bits per heavy atom. The number of carbonyl (C=O) groups is 6. The third-order valence-corrected chi connectivity index (χ3v) is 23.4. The average molecular weight is 1560 g/mol. The number of Topliss-reactive ketones (excluding diaryl/α,β-unsaturated/α-hetero) is 2. The van der Waals surface area contributed by atoms with Gasteiger partial charge in [-0.05, 0) is 136 Å². The fraction of sp³-hybridized carbons (Fsp3) is 0.316. The minimum Gasteiger partial charge on any atom is -0.466 e. The van der Waals surface area contributed by atoms with E-state index in [1.54, 1.807) is 57.4 Å². The van der Waals surface area contributed by atoms with Gasteiger partial charge in [-0.2, -0.15) is 0 Å². The second kappa shape index (κ2) is 31.0. The van der Waals surface area contributed by atoms with Crippen molar-refractivity contribution in [2.24, 2.45) is 9.98 Å². The van der Waals surface area contributed by atoms with E-state index in [1.165, 1.54) is 41.9 Å². The second-order valence-electron chi connectivity index (χ2n) is 27.6. The first-order valence-corrected chi connectivity index (χ1v) is 37.9. The van der Waals surface area contributed by atoms with E-state index in [0.717, 1.165) is 44.8 Å². The number of fused-ring (bicyclic) bond motifs is 2. The molecule has 0 aliphatic carbocycles. The van der Waals surface area contributed by atoms with Crippen LogP contribution < -0.4 is 20.4 Å². The number of aromatic nitrogens is 2. The second-order valence-corrected chi connectivity index (χ2v) is 31.1. The fourth-order valence-electron chi connectivity index (χ4n) is 14.0. The number of benzene rings is 6. The smallest absolute Gasteiger partial charge is 0.338 e.